The summed E-state index contributed by atoms with van der Waals surface area (Å²) in [4.78, 5) is 25.5. The summed E-state index contributed by atoms with van der Waals surface area (Å²) in [6, 6.07) is 12.8. The molecule has 5 nitrogen and oxygen atoms in total. The van der Waals surface area contributed by atoms with Gasteiger partial charge in [-0.2, -0.15) is 0 Å². The quantitative estimate of drug-likeness (QED) is 0.766. The van der Waals surface area contributed by atoms with Crippen molar-refractivity contribution < 1.29 is 4.79 Å². The zero-order valence-electron chi connectivity index (χ0n) is 15.0. The molecule has 3 aromatic rings. The van der Waals surface area contributed by atoms with Crippen molar-refractivity contribution in [2.45, 2.75) is 32.7 Å². The third kappa shape index (κ3) is 3.05. The number of fused-ring (bicyclic) bond motifs is 1. The first-order valence-electron chi connectivity index (χ1n) is 8.92. The maximum atomic E-state index is 11.7. The monoisotopic (exact) mass is 366 g/mol. The number of nitrogens with zero attached hydrogens (tertiary/aromatic N) is 3. The number of benzene rings is 1. The van der Waals surface area contributed by atoms with Gasteiger partial charge in [0.1, 0.15) is 16.5 Å². The smallest absolute Gasteiger partial charge is 0.222 e. The van der Waals surface area contributed by atoms with Crippen molar-refractivity contribution in [2.75, 3.05) is 11.4 Å². The fourth-order valence-electron chi connectivity index (χ4n) is 3.61. The number of amides is 1. The van der Waals surface area contributed by atoms with Crippen molar-refractivity contribution in [2.24, 2.45) is 11.7 Å². The summed E-state index contributed by atoms with van der Waals surface area (Å²) in [6.45, 7) is 4.73. The molecule has 0 spiro atoms. The first-order valence-corrected chi connectivity index (χ1v) is 9.74. The van der Waals surface area contributed by atoms with E-state index in [0.29, 0.717) is 12.6 Å². The Balaban J connectivity index is 1.81. The van der Waals surface area contributed by atoms with Crippen molar-refractivity contribution in [1.82, 2.24) is 9.97 Å². The van der Waals surface area contributed by atoms with Gasteiger partial charge in [-0.15, -0.1) is 11.3 Å². The molecule has 0 aliphatic carbocycles. The molecule has 3 heterocycles. The minimum absolute atomic E-state index is 0.122. The fourth-order valence-corrected chi connectivity index (χ4v) is 4.69. The lowest BCUT2D eigenvalue weighted by atomic mass is 9.93. The zero-order valence-corrected chi connectivity index (χ0v) is 15.8. The first kappa shape index (κ1) is 17.0. The summed E-state index contributed by atoms with van der Waals surface area (Å²) in [7, 11) is 0. The normalized spacial score (nSPS) is 20.5. The Labute approximate surface area is 156 Å². The molecule has 1 fully saturated rings. The molecule has 1 amide bonds. The van der Waals surface area contributed by atoms with E-state index in [1.165, 1.54) is 10.4 Å². The van der Waals surface area contributed by atoms with Crippen LogP contribution in [0.2, 0.25) is 0 Å². The number of hydrogen-bond donors (Lipinski definition) is 1. The average molecular weight is 366 g/mol. The van der Waals surface area contributed by atoms with Crippen molar-refractivity contribution in [3.63, 3.8) is 0 Å². The van der Waals surface area contributed by atoms with E-state index >= 15 is 0 Å². The van der Waals surface area contributed by atoms with Gasteiger partial charge in [0.15, 0.2) is 0 Å². The number of nitrogens with two attached hydrogens (primary N) is 1. The van der Waals surface area contributed by atoms with Gasteiger partial charge in [0.2, 0.25) is 5.91 Å². The summed E-state index contributed by atoms with van der Waals surface area (Å²) in [5.41, 5.74) is 6.76. The molecule has 1 saturated heterocycles. The molecule has 0 bridgehead atoms. The molecule has 6 heteroatoms. The van der Waals surface area contributed by atoms with Crippen LogP contribution < -0.4 is 10.6 Å². The molecule has 2 atom stereocenters. The van der Waals surface area contributed by atoms with E-state index < -0.39 is 0 Å². The van der Waals surface area contributed by atoms with E-state index in [9.17, 15) is 4.79 Å². The van der Waals surface area contributed by atoms with Gasteiger partial charge in [-0.25, -0.2) is 9.97 Å². The minimum Gasteiger partial charge on any atom is -0.369 e. The van der Waals surface area contributed by atoms with Crippen LogP contribution in [0.15, 0.2) is 36.4 Å². The fraction of sp³-hybridized carbons (Fsp3) is 0.350. The first-order chi connectivity index (χ1) is 12.5. The summed E-state index contributed by atoms with van der Waals surface area (Å²) < 4.78 is 0. The van der Waals surface area contributed by atoms with E-state index in [1.807, 2.05) is 25.1 Å². The average Bonchev–Trinajstić information content (AvgIpc) is 3.06. The Hall–Kier alpha value is -2.47. The summed E-state index contributed by atoms with van der Waals surface area (Å²) in [5.74, 6) is 1.33. The molecule has 134 valence electrons. The number of rotatable bonds is 3. The molecule has 1 aromatic carbocycles. The largest absolute Gasteiger partial charge is 0.369 e. The third-order valence-corrected chi connectivity index (χ3v) is 6.18. The second kappa shape index (κ2) is 6.68. The lowest BCUT2D eigenvalue weighted by molar-refractivity contribution is -0.122. The van der Waals surface area contributed by atoms with Crippen LogP contribution in [0.25, 0.3) is 20.7 Å². The van der Waals surface area contributed by atoms with Gasteiger partial charge < -0.3 is 10.6 Å². The predicted molar refractivity (Wildman–Crippen MR) is 106 cm³/mol. The van der Waals surface area contributed by atoms with Gasteiger partial charge in [-0.3, -0.25) is 4.79 Å². The molecule has 0 radical (unpaired) electrons. The van der Waals surface area contributed by atoms with Crippen LogP contribution in [-0.2, 0) is 4.79 Å². The number of hydrogen-bond acceptors (Lipinski definition) is 5. The molecule has 1 aliphatic heterocycles. The van der Waals surface area contributed by atoms with Gasteiger partial charge in [-0.1, -0.05) is 30.3 Å². The Morgan fingerprint density at radius 2 is 2.00 bits per heavy atom. The molecular formula is C20H22N4OS. The van der Waals surface area contributed by atoms with Crippen molar-refractivity contribution in [1.29, 1.82) is 0 Å². The summed E-state index contributed by atoms with van der Waals surface area (Å²) in [5, 5.41) is 1.05. The number of aryl methyl sites for hydroxylation is 1. The number of aromatic nitrogens is 2. The van der Waals surface area contributed by atoms with Crippen molar-refractivity contribution >= 4 is 33.3 Å². The lowest BCUT2D eigenvalue weighted by Gasteiger charge is -2.38. The minimum atomic E-state index is -0.223. The molecule has 1 aliphatic rings. The van der Waals surface area contributed by atoms with E-state index in [4.69, 9.17) is 10.7 Å². The molecule has 0 saturated carbocycles. The van der Waals surface area contributed by atoms with E-state index in [1.54, 1.807) is 11.3 Å². The predicted octanol–water partition coefficient (Wildman–Crippen LogP) is 3.76. The van der Waals surface area contributed by atoms with Crippen molar-refractivity contribution in [3.05, 3.63) is 42.2 Å². The maximum absolute atomic E-state index is 11.7. The molecule has 2 unspecified atom stereocenters. The van der Waals surface area contributed by atoms with Crippen LogP contribution in [-0.4, -0.2) is 28.5 Å². The SMILES string of the molecule is Cc1nc(N2CC(C(N)=O)CCC2C)c2cc(-c3ccccc3)sc2n1. The Bertz CT molecular complexity index is 953. The van der Waals surface area contributed by atoms with E-state index in [0.717, 1.165) is 34.7 Å². The van der Waals surface area contributed by atoms with Crippen LogP contribution in [0.5, 0.6) is 0 Å². The highest BCUT2D eigenvalue weighted by Gasteiger charge is 2.31. The topological polar surface area (TPSA) is 72.1 Å². The van der Waals surface area contributed by atoms with Gasteiger partial charge in [0.25, 0.3) is 0 Å². The standard InChI is InChI=1S/C20H22N4OS/c1-12-8-9-15(18(21)25)11-24(12)19-16-10-17(14-6-4-3-5-7-14)26-20(16)23-13(2)22-19/h3-7,10,12,15H,8-9,11H2,1-2H3,(H2,21,25). The molecule has 2 N–H and O–H groups in total. The van der Waals surface area contributed by atoms with E-state index in [-0.39, 0.29) is 11.8 Å². The second-order valence-corrected chi connectivity index (χ2v) is 8.00. The van der Waals surface area contributed by atoms with Gasteiger partial charge >= 0.3 is 0 Å². The highest BCUT2D eigenvalue weighted by molar-refractivity contribution is 7.21. The number of thiophene rings is 1. The number of carbonyl (C=O) groups is 1. The van der Waals surface area contributed by atoms with Crippen LogP contribution >= 0.6 is 11.3 Å². The Kier molecular flexibility index (Phi) is 4.36. The number of carbonyl (C=O) groups excluding carboxylic acids is 1. The highest BCUT2D eigenvalue weighted by atomic mass is 32.1. The molecule has 2 aromatic heterocycles. The molecule has 4 rings (SSSR count). The van der Waals surface area contributed by atoms with Crippen molar-refractivity contribution in [3.8, 4) is 10.4 Å². The van der Waals surface area contributed by atoms with Crippen LogP contribution in [0, 0.1) is 12.8 Å². The molecule has 26 heavy (non-hydrogen) atoms. The molecular weight excluding hydrogens is 344 g/mol. The Morgan fingerprint density at radius 1 is 1.23 bits per heavy atom. The lowest BCUT2D eigenvalue weighted by Crippen LogP contribution is -2.46. The van der Waals surface area contributed by atoms with Gasteiger partial charge in [-0.05, 0) is 38.3 Å². The Morgan fingerprint density at radius 3 is 2.73 bits per heavy atom. The second-order valence-electron chi connectivity index (χ2n) is 6.97. The van der Waals surface area contributed by atoms with E-state index in [2.05, 4.69) is 35.0 Å². The maximum Gasteiger partial charge on any atom is 0.222 e. The van der Waals surface area contributed by atoms with Gasteiger partial charge in [0, 0.05) is 17.5 Å². The van der Waals surface area contributed by atoms with Crippen LogP contribution in [0.1, 0.15) is 25.6 Å². The third-order valence-electron chi connectivity index (χ3n) is 5.10. The number of piperidine rings is 1. The zero-order chi connectivity index (χ0) is 18.3. The van der Waals surface area contributed by atoms with Crippen LogP contribution in [0.3, 0.4) is 0 Å². The summed E-state index contributed by atoms with van der Waals surface area (Å²) in [6.07, 6.45) is 1.78. The number of anilines is 1. The summed E-state index contributed by atoms with van der Waals surface area (Å²) >= 11 is 1.68. The van der Waals surface area contributed by atoms with Crippen LogP contribution in [0.4, 0.5) is 5.82 Å². The van der Waals surface area contributed by atoms with Gasteiger partial charge in [0.05, 0.1) is 11.3 Å². The number of primary amides is 1. The highest BCUT2D eigenvalue weighted by Crippen LogP contribution is 2.38.